The lowest BCUT2D eigenvalue weighted by molar-refractivity contribution is -0.179. The largest absolute Gasteiger partial charge is 0.382 e. The Morgan fingerprint density at radius 3 is 1.18 bits per heavy atom. The number of hydrogen-bond donors (Lipinski definition) is 2. The van der Waals surface area contributed by atoms with Crippen molar-refractivity contribution in [1.29, 1.82) is 0 Å². The third kappa shape index (κ3) is 6.65. The zero-order valence-electron chi connectivity index (χ0n) is 22.7. The Morgan fingerprint density at radius 1 is 0.553 bits per heavy atom. The highest BCUT2D eigenvalue weighted by Gasteiger charge is 2.51. The van der Waals surface area contributed by atoms with E-state index in [0.717, 1.165) is 77.5 Å². The Labute approximate surface area is 227 Å². The van der Waals surface area contributed by atoms with Crippen LogP contribution in [0.2, 0.25) is 0 Å². The Morgan fingerprint density at radius 2 is 0.868 bits per heavy atom. The van der Waals surface area contributed by atoms with Gasteiger partial charge < -0.3 is 20.0 Å². The average Bonchev–Trinajstić information content (AvgIpc) is 3.41. The Kier molecular flexibility index (Phi) is 9.97. The van der Waals surface area contributed by atoms with Crippen molar-refractivity contribution in [1.82, 2.24) is 9.80 Å². The standard InChI is InChI=1S/C32H44N2O4/c35-29(33-23-11-1-2-12-24-33)19-21-31(37,27-15-7-5-8-16-27)32(38,28-17-9-6-10-18-28)22-20-30(36)34-25-13-3-4-14-26-34/h5-10,15-18,37-38H,1-4,11-14,19-26H2/t31-,32-/m0/s1. The van der Waals surface area contributed by atoms with Crippen molar-refractivity contribution < 1.29 is 19.8 Å². The first kappa shape index (κ1) is 28.3. The number of aliphatic hydroxyl groups is 2. The van der Waals surface area contributed by atoms with E-state index < -0.39 is 11.2 Å². The molecular formula is C32H44N2O4. The van der Waals surface area contributed by atoms with Gasteiger partial charge in [0.2, 0.25) is 11.8 Å². The molecule has 4 rings (SSSR count). The molecule has 2 fully saturated rings. The summed E-state index contributed by atoms with van der Waals surface area (Å²) in [5, 5.41) is 25.0. The lowest BCUT2D eigenvalue weighted by Gasteiger charge is -2.45. The first-order chi connectivity index (χ1) is 18.4. The maximum atomic E-state index is 13.3. The van der Waals surface area contributed by atoms with E-state index in [1.54, 1.807) is 24.3 Å². The molecule has 206 valence electrons. The Hall–Kier alpha value is -2.70. The Balaban J connectivity index is 1.63. The predicted octanol–water partition coefficient (Wildman–Crippen LogP) is 5.13. The molecule has 0 bridgehead atoms. The lowest BCUT2D eigenvalue weighted by atomic mass is 9.68. The molecule has 2 N–H and O–H groups in total. The van der Waals surface area contributed by atoms with E-state index in [-0.39, 0.29) is 37.5 Å². The molecule has 2 amide bonds. The number of rotatable bonds is 9. The molecule has 2 heterocycles. The van der Waals surface area contributed by atoms with Gasteiger partial charge in [0.1, 0.15) is 11.2 Å². The first-order valence-electron chi connectivity index (χ1n) is 14.6. The monoisotopic (exact) mass is 520 g/mol. The number of likely N-dealkylation sites (tertiary alicyclic amines) is 2. The van der Waals surface area contributed by atoms with Gasteiger partial charge in [0.25, 0.3) is 0 Å². The fourth-order valence-electron chi connectivity index (χ4n) is 6.14. The van der Waals surface area contributed by atoms with Crippen LogP contribution < -0.4 is 0 Å². The molecule has 0 aromatic heterocycles. The molecule has 2 aliphatic rings. The van der Waals surface area contributed by atoms with Crippen LogP contribution in [0, 0.1) is 0 Å². The highest BCUT2D eigenvalue weighted by Crippen LogP contribution is 2.47. The number of carbonyl (C=O) groups excluding carboxylic acids is 2. The normalized spacial score (nSPS) is 20.1. The second-order valence-electron chi connectivity index (χ2n) is 11.0. The highest BCUT2D eigenvalue weighted by molar-refractivity contribution is 5.77. The molecule has 2 saturated heterocycles. The van der Waals surface area contributed by atoms with Crippen molar-refractivity contribution in [2.75, 3.05) is 26.2 Å². The SMILES string of the molecule is O=C(CC[C@](O)(c1ccccc1)[C@](O)(CCC(=O)N1CCCCCC1)c1ccccc1)N1CCCCCC1. The number of amides is 2. The molecule has 0 spiro atoms. The number of nitrogens with zero attached hydrogens (tertiary/aromatic N) is 2. The summed E-state index contributed by atoms with van der Waals surface area (Å²) in [5.74, 6) is 0.0228. The molecule has 0 unspecified atom stereocenters. The van der Waals surface area contributed by atoms with Crippen LogP contribution in [0.3, 0.4) is 0 Å². The van der Waals surface area contributed by atoms with Crippen LogP contribution in [-0.2, 0) is 20.8 Å². The fourth-order valence-corrected chi connectivity index (χ4v) is 6.14. The molecule has 0 saturated carbocycles. The lowest BCUT2D eigenvalue weighted by Crippen LogP contribution is -2.51. The van der Waals surface area contributed by atoms with Gasteiger partial charge in [0.15, 0.2) is 0 Å². The quantitative estimate of drug-likeness (QED) is 0.481. The molecule has 2 aromatic rings. The second kappa shape index (κ2) is 13.4. The van der Waals surface area contributed by atoms with Gasteiger partial charge in [-0.3, -0.25) is 9.59 Å². The number of benzene rings is 2. The van der Waals surface area contributed by atoms with Crippen LogP contribution >= 0.6 is 0 Å². The topological polar surface area (TPSA) is 81.1 Å². The predicted molar refractivity (Wildman–Crippen MR) is 149 cm³/mol. The summed E-state index contributed by atoms with van der Waals surface area (Å²) in [6, 6.07) is 18.3. The maximum Gasteiger partial charge on any atom is 0.222 e. The van der Waals surface area contributed by atoms with Gasteiger partial charge in [-0.1, -0.05) is 86.3 Å². The van der Waals surface area contributed by atoms with Gasteiger partial charge in [-0.15, -0.1) is 0 Å². The van der Waals surface area contributed by atoms with E-state index in [9.17, 15) is 19.8 Å². The van der Waals surface area contributed by atoms with Gasteiger partial charge in [-0.2, -0.15) is 0 Å². The Bertz CT molecular complexity index is 931. The molecule has 0 aliphatic carbocycles. The van der Waals surface area contributed by atoms with Gasteiger partial charge in [-0.05, 0) is 49.7 Å². The summed E-state index contributed by atoms with van der Waals surface area (Å²) in [7, 11) is 0. The fraction of sp³-hybridized carbons (Fsp3) is 0.562. The minimum Gasteiger partial charge on any atom is -0.382 e. The summed E-state index contributed by atoms with van der Waals surface area (Å²) in [6.07, 6.45) is 8.93. The van der Waals surface area contributed by atoms with Crippen LogP contribution in [0.4, 0.5) is 0 Å². The van der Waals surface area contributed by atoms with Crippen LogP contribution in [0.15, 0.2) is 60.7 Å². The minimum atomic E-state index is -1.75. The van der Waals surface area contributed by atoms with Crippen molar-refractivity contribution in [2.24, 2.45) is 0 Å². The molecule has 2 aliphatic heterocycles. The summed E-state index contributed by atoms with van der Waals surface area (Å²) >= 11 is 0. The van der Waals surface area contributed by atoms with E-state index in [4.69, 9.17) is 0 Å². The first-order valence-corrected chi connectivity index (χ1v) is 14.6. The van der Waals surface area contributed by atoms with Crippen molar-refractivity contribution in [3.63, 3.8) is 0 Å². The van der Waals surface area contributed by atoms with E-state index in [2.05, 4.69) is 0 Å². The highest BCUT2D eigenvalue weighted by atomic mass is 16.4. The molecule has 6 heteroatoms. The molecule has 2 aromatic carbocycles. The second-order valence-corrected chi connectivity index (χ2v) is 11.0. The minimum absolute atomic E-state index is 0.0114. The van der Waals surface area contributed by atoms with Crippen molar-refractivity contribution >= 4 is 11.8 Å². The number of hydrogen-bond acceptors (Lipinski definition) is 4. The van der Waals surface area contributed by atoms with Crippen molar-refractivity contribution in [3.8, 4) is 0 Å². The molecule has 38 heavy (non-hydrogen) atoms. The zero-order valence-corrected chi connectivity index (χ0v) is 22.7. The van der Waals surface area contributed by atoms with E-state index in [0.29, 0.717) is 11.1 Å². The van der Waals surface area contributed by atoms with E-state index in [1.807, 2.05) is 46.2 Å². The van der Waals surface area contributed by atoms with Crippen molar-refractivity contribution in [3.05, 3.63) is 71.8 Å². The van der Waals surface area contributed by atoms with Gasteiger partial charge in [0, 0.05) is 39.0 Å². The van der Waals surface area contributed by atoms with Crippen LogP contribution in [0.25, 0.3) is 0 Å². The van der Waals surface area contributed by atoms with E-state index >= 15 is 0 Å². The smallest absolute Gasteiger partial charge is 0.222 e. The molecule has 0 radical (unpaired) electrons. The van der Waals surface area contributed by atoms with Gasteiger partial charge >= 0.3 is 0 Å². The molecule has 6 nitrogen and oxygen atoms in total. The summed E-state index contributed by atoms with van der Waals surface area (Å²) < 4.78 is 0. The third-order valence-electron chi connectivity index (χ3n) is 8.51. The van der Waals surface area contributed by atoms with Gasteiger partial charge in [-0.25, -0.2) is 0 Å². The summed E-state index contributed by atoms with van der Waals surface area (Å²) in [4.78, 5) is 30.4. The van der Waals surface area contributed by atoms with Crippen molar-refractivity contribution in [2.45, 2.75) is 88.3 Å². The summed E-state index contributed by atoms with van der Waals surface area (Å²) in [6.45, 7) is 2.98. The third-order valence-corrected chi connectivity index (χ3v) is 8.51. The van der Waals surface area contributed by atoms with Crippen LogP contribution in [0.1, 0.15) is 88.2 Å². The molecular weight excluding hydrogens is 476 g/mol. The maximum absolute atomic E-state index is 13.3. The van der Waals surface area contributed by atoms with Crippen LogP contribution in [0.5, 0.6) is 0 Å². The van der Waals surface area contributed by atoms with Gasteiger partial charge in [0.05, 0.1) is 0 Å². The van der Waals surface area contributed by atoms with E-state index in [1.165, 1.54) is 0 Å². The number of carbonyl (C=O) groups is 2. The summed E-state index contributed by atoms with van der Waals surface area (Å²) in [5.41, 5.74) is -2.40. The van der Waals surface area contributed by atoms with Crippen LogP contribution in [-0.4, -0.2) is 58.0 Å². The zero-order chi connectivity index (χ0) is 26.8. The molecule has 2 atom stereocenters. The average molecular weight is 521 g/mol.